The molecule has 1 aliphatic carbocycles. The molecular formula is C22H33N5O2Si. The van der Waals surface area contributed by atoms with E-state index in [1.165, 1.54) is 0 Å². The molecule has 2 aromatic heterocycles. The summed E-state index contributed by atoms with van der Waals surface area (Å²) in [5.41, 5.74) is 2.02. The molecule has 1 amide bonds. The van der Waals surface area contributed by atoms with Crippen molar-refractivity contribution in [3.05, 3.63) is 23.7 Å². The fourth-order valence-electron chi connectivity index (χ4n) is 3.00. The Bertz CT molecular complexity index is 966. The van der Waals surface area contributed by atoms with Crippen molar-refractivity contribution in [3.63, 3.8) is 0 Å². The summed E-state index contributed by atoms with van der Waals surface area (Å²) in [6, 6.07) is 3.03. The molecule has 0 spiro atoms. The normalized spacial score (nSPS) is 15.8. The largest absolute Gasteiger partial charge is 0.361 e. The first kappa shape index (κ1) is 22.4. The second-order valence-electron chi connectivity index (χ2n) is 10.1. The van der Waals surface area contributed by atoms with E-state index in [2.05, 4.69) is 36.0 Å². The standard InChI is InChI=1S/C22H33N5O2Si/c1-15(22(2,3)13-23)25-21(28)17-12-27(14-29-9-10-30(4,5)6)20-19(17)26-18(11-24-20)16-7-8-16/h11-12,15-16H,7-10,14H2,1-6H3,(H,25,28)/t15-/m1/s1. The second kappa shape index (κ2) is 8.48. The van der Waals surface area contributed by atoms with Gasteiger partial charge in [-0.3, -0.25) is 4.79 Å². The first-order valence-electron chi connectivity index (χ1n) is 10.7. The summed E-state index contributed by atoms with van der Waals surface area (Å²) in [7, 11) is -1.17. The zero-order valence-electron chi connectivity index (χ0n) is 19.0. The fraction of sp³-hybridized carbons (Fsp3) is 0.636. The lowest BCUT2D eigenvalue weighted by Gasteiger charge is -2.25. The van der Waals surface area contributed by atoms with E-state index in [1.54, 1.807) is 6.20 Å². The number of amides is 1. The highest BCUT2D eigenvalue weighted by Crippen LogP contribution is 2.39. The molecule has 1 saturated carbocycles. The van der Waals surface area contributed by atoms with E-state index in [-0.39, 0.29) is 11.9 Å². The molecule has 0 bridgehead atoms. The van der Waals surface area contributed by atoms with Crippen LogP contribution in [0.4, 0.5) is 0 Å². The Labute approximate surface area is 179 Å². The van der Waals surface area contributed by atoms with Gasteiger partial charge in [0, 0.05) is 32.8 Å². The molecule has 1 N–H and O–H groups in total. The number of hydrogen-bond acceptors (Lipinski definition) is 5. The zero-order chi connectivity index (χ0) is 22.1. The molecule has 162 valence electrons. The number of carbonyl (C=O) groups excluding carboxylic acids is 1. The Balaban J connectivity index is 1.85. The Morgan fingerprint density at radius 2 is 2.13 bits per heavy atom. The molecule has 1 aliphatic rings. The maximum absolute atomic E-state index is 13.1. The average molecular weight is 428 g/mol. The van der Waals surface area contributed by atoms with E-state index >= 15 is 0 Å². The highest BCUT2D eigenvalue weighted by Gasteiger charge is 2.30. The summed E-state index contributed by atoms with van der Waals surface area (Å²) in [6.07, 6.45) is 5.84. The van der Waals surface area contributed by atoms with Crippen molar-refractivity contribution in [2.24, 2.45) is 5.41 Å². The predicted octanol–water partition coefficient (Wildman–Crippen LogP) is 4.29. The van der Waals surface area contributed by atoms with Crippen LogP contribution in [0.5, 0.6) is 0 Å². The Hall–Kier alpha value is -2.24. The lowest BCUT2D eigenvalue weighted by molar-refractivity contribution is 0.0886. The van der Waals surface area contributed by atoms with Gasteiger partial charge in [0.1, 0.15) is 12.2 Å². The minimum absolute atomic E-state index is 0.237. The Kier molecular flexibility index (Phi) is 6.34. The predicted molar refractivity (Wildman–Crippen MR) is 120 cm³/mol. The van der Waals surface area contributed by atoms with E-state index < -0.39 is 13.5 Å². The van der Waals surface area contributed by atoms with Crippen molar-refractivity contribution in [2.75, 3.05) is 6.61 Å². The quantitative estimate of drug-likeness (QED) is 0.476. The van der Waals surface area contributed by atoms with Gasteiger partial charge in [0.25, 0.3) is 5.91 Å². The summed E-state index contributed by atoms with van der Waals surface area (Å²) in [4.78, 5) is 22.5. The van der Waals surface area contributed by atoms with Crippen molar-refractivity contribution in [1.29, 1.82) is 5.26 Å². The third-order valence-electron chi connectivity index (χ3n) is 5.77. The Morgan fingerprint density at radius 3 is 2.73 bits per heavy atom. The average Bonchev–Trinajstić information content (AvgIpc) is 3.46. The second-order valence-corrected chi connectivity index (χ2v) is 15.8. The zero-order valence-corrected chi connectivity index (χ0v) is 20.0. The molecule has 1 fully saturated rings. The third-order valence-corrected chi connectivity index (χ3v) is 7.47. The van der Waals surface area contributed by atoms with Crippen LogP contribution in [-0.2, 0) is 11.5 Å². The maximum Gasteiger partial charge on any atom is 0.255 e. The van der Waals surface area contributed by atoms with Crippen LogP contribution in [0.1, 0.15) is 55.6 Å². The number of nitrogens with zero attached hydrogens (tertiary/aromatic N) is 4. The molecule has 0 aliphatic heterocycles. The third kappa shape index (κ3) is 5.27. The van der Waals surface area contributed by atoms with Gasteiger partial charge in [-0.05, 0) is 39.7 Å². The summed E-state index contributed by atoms with van der Waals surface area (Å²) in [5.74, 6) is 0.213. The van der Waals surface area contributed by atoms with Gasteiger partial charge < -0.3 is 14.6 Å². The topological polar surface area (TPSA) is 92.8 Å². The summed E-state index contributed by atoms with van der Waals surface area (Å²) < 4.78 is 7.75. The van der Waals surface area contributed by atoms with E-state index in [0.717, 1.165) is 24.6 Å². The van der Waals surface area contributed by atoms with Crippen molar-refractivity contribution < 1.29 is 9.53 Å². The molecule has 3 rings (SSSR count). The highest BCUT2D eigenvalue weighted by atomic mass is 28.3. The first-order chi connectivity index (χ1) is 14.0. The minimum Gasteiger partial charge on any atom is -0.361 e. The summed E-state index contributed by atoms with van der Waals surface area (Å²) >= 11 is 0. The molecule has 1 atom stereocenters. The van der Waals surface area contributed by atoms with Crippen LogP contribution in [0.25, 0.3) is 11.2 Å². The molecular weight excluding hydrogens is 394 g/mol. The molecule has 0 unspecified atom stereocenters. The molecule has 7 nitrogen and oxygen atoms in total. The van der Waals surface area contributed by atoms with Crippen LogP contribution < -0.4 is 5.32 Å². The molecule has 30 heavy (non-hydrogen) atoms. The van der Waals surface area contributed by atoms with Crippen LogP contribution in [0, 0.1) is 16.7 Å². The number of aromatic nitrogens is 3. The van der Waals surface area contributed by atoms with E-state index in [9.17, 15) is 10.1 Å². The van der Waals surface area contributed by atoms with Crippen LogP contribution in [-0.4, -0.2) is 41.2 Å². The number of fused-ring (bicyclic) bond motifs is 1. The van der Waals surface area contributed by atoms with Gasteiger partial charge >= 0.3 is 0 Å². The van der Waals surface area contributed by atoms with Gasteiger partial charge in [0.15, 0.2) is 5.65 Å². The molecule has 2 heterocycles. The number of hydrogen-bond donors (Lipinski definition) is 1. The molecule has 0 aromatic carbocycles. The van der Waals surface area contributed by atoms with Crippen LogP contribution >= 0.6 is 0 Å². The van der Waals surface area contributed by atoms with Crippen molar-refractivity contribution in [3.8, 4) is 6.07 Å². The lowest BCUT2D eigenvalue weighted by Crippen LogP contribution is -2.42. The lowest BCUT2D eigenvalue weighted by atomic mass is 9.87. The Morgan fingerprint density at radius 1 is 1.43 bits per heavy atom. The molecule has 2 aromatic rings. The highest BCUT2D eigenvalue weighted by molar-refractivity contribution is 6.76. The smallest absolute Gasteiger partial charge is 0.255 e. The van der Waals surface area contributed by atoms with Crippen molar-refractivity contribution in [1.82, 2.24) is 19.9 Å². The van der Waals surface area contributed by atoms with Crippen molar-refractivity contribution >= 4 is 25.1 Å². The van der Waals surface area contributed by atoms with Crippen molar-refractivity contribution in [2.45, 2.75) is 78.0 Å². The molecule has 0 saturated heterocycles. The monoisotopic (exact) mass is 427 g/mol. The number of carbonyl (C=O) groups is 1. The summed E-state index contributed by atoms with van der Waals surface area (Å²) in [5, 5.41) is 12.3. The van der Waals surface area contributed by atoms with E-state index in [4.69, 9.17) is 9.72 Å². The minimum atomic E-state index is -1.17. The van der Waals surface area contributed by atoms with Gasteiger partial charge in [0.2, 0.25) is 0 Å². The number of ether oxygens (including phenoxy) is 1. The van der Waals surface area contributed by atoms with Gasteiger partial charge in [0.05, 0.1) is 28.9 Å². The van der Waals surface area contributed by atoms with Crippen LogP contribution in [0.15, 0.2) is 12.4 Å². The summed E-state index contributed by atoms with van der Waals surface area (Å²) in [6.45, 7) is 13.5. The number of rotatable bonds is 9. The number of nitriles is 1. The number of nitrogens with one attached hydrogen (secondary N) is 1. The maximum atomic E-state index is 13.1. The van der Waals surface area contributed by atoms with Crippen LogP contribution in [0.2, 0.25) is 25.7 Å². The van der Waals surface area contributed by atoms with Gasteiger partial charge in [-0.2, -0.15) is 5.26 Å². The van der Waals surface area contributed by atoms with E-state index in [1.807, 2.05) is 31.5 Å². The van der Waals surface area contributed by atoms with Gasteiger partial charge in [-0.1, -0.05) is 19.6 Å². The van der Waals surface area contributed by atoms with Crippen LogP contribution in [0.3, 0.4) is 0 Å². The van der Waals surface area contributed by atoms with Gasteiger partial charge in [-0.15, -0.1) is 0 Å². The molecule has 8 heteroatoms. The SMILES string of the molecule is C[C@@H](NC(=O)c1cn(COCC[Si](C)(C)C)c2ncc(C3CC3)nc12)C(C)(C)C#N. The van der Waals surface area contributed by atoms with Gasteiger partial charge in [-0.25, -0.2) is 9.97 Å². The van der Waals surface area contributed by atoms with E-state index in [0.29, 0.717) is 36.0 Å². The fourth-order valence-corrected chi connectivity index (χ4v) is 3.76. The molecule has 0 radical (unpaired) electrons. The first-order valence-corrected chi connectivity index (χ1v) is 14.4.